The summed E-state index contributed by atoms with van der Waals surface area (Å²) in [6, 6.07) is 7.03. The van der Waals surface area contributed by atoms with Crippen LogP contribution in [0.25, 0.3) is 0 Å². The van der Waals surface area contributed by atoms with E-state index in [4.69, 9.17) is 11.7 Å². The van der Waals surface area contributed by atoms with Gasteiger partial charge in [-0.15, -0.1) is 0 Å². The fraction of sp³-hybridized carbons (Fsp3) is 0. The number of hydrazine groups is 1. The molecule has 54 valence electrons. The molecule has 10 heavy (non-hydrogen) atoms. The van der Waals surface area contributed by atoms with Gasteiger partial charge in [-0.1, -0.05) is 6.07 Å². The highest BCUT2D eigenvalue weighted by Crippen LogP contribution is 2.14. The number of rotatable bonds is 2. The van der Waals surface area contributed by atoms with Crippen LogP contribution in [0.15, 0.2) is 24.3 Å². The number of nitrogens with one attached hydrogen (secondary N) is 1. The third kappa shape index (κ3) is 1.37. The third-order valence-corrected chi connectivity index (χ3v) is 1.14. The molecule has 0 saturated carbocycles. The van der Waals surface area contributed by atoms with Crippen molar-refractivity contribution in [2.24, 2.45) is 11.7 Å². The van der Waals surface area contributed by atoms with Crippen molar-refractivity contribution in [3.8, 4) is 5.75 Å². The van der Waals surface area contributed by atoms with E-state index in [1.54, 1.807) is 18.2 Å². The first-order valence-electron chi connectivity index (χ1n) is 2.80. The molecule has 4 heteroatoms. The SMILES string of the molecule is NNc1cccc(ON)c1. The van der Waals surface area contributed by atoms with E-state index >= 15 is 0 Å². The summed E-state index contributed by atoms with van der Waals surface area (Å²) in [7, 11) is 0. The maximum Gasteiger partial charge on any atom is 0.148 e. The van der Waals surface area contributed by atoms with Crippen molar-refractivity contribution in [1.29, 1.82) is 0 Å². The Morgan fingerprint density at radius 2 is 2.20 bits per heavy atom. The molecule has 0 radical (unpaired) electrons. The van der Waals surface area contributed by atoms with E-state index in [9.17, 15) is 0 Å². The highest BCUT2D eigenvalue weighted by atomic mass is 16.6. The van der Waals surface area contributed by atoms with Crippen LogP contribution in [0.4, 0.5) is 5.69 Å². The lowest BCUT2D eigenvalue weighted by atomic mass is 10.3. The zero-order chi connectivity index (χ0) is 7.40. The molecule has 0 bridgehead atoms. The molecule has 0 spiro atoms. The standard InChI is InChI=1S/C6H9N3O/c7-9-5-2-1-3-6(4-5)10-8/h1-4,9H,7-8H2. The van der Waals surface area contributed by atoms with Crippen LogP contribution in [0.2, 0.25) is 0 Å². The van der Waals surface area contributed by atoms with Crippen LogP contribution in [0.3, 0.4) is 0 Å². The summed E-state index contributed by atoms with van der Waals surface area (Å²) in [6.07, 6.45) is 0. The van der Waals surface area contributed by atoms with Crippen molar-refractivity contribution < 1.29 is 4.84 Å². The van der Waals surface area contributed by atoms with Crippen molar-refractivity contribution in [3.63, 3.8) is 0 Å². The van der Waals surface area contributed by atoms with Gasteiger partial charge in [-0.25, -0.2) is 0 Å². The van der Waals surface area contributed by atoms with Gasteiger partial charge in [0.25, 0.3) is 0 Å². The van der Waals surface area contributed by atoms with Crippen LogP contribution in [0.1, 0.15) is 0 Å². The smallest absolute Gasteiger partial charge is 0.148 e. The molecule has 0 aliphatic heterocycles. The quantitative estimate of drug-likeness (QED) is 0.405. The van der Waals surface area contributed by atoms with Crippen molar-refractivity contribution in [3.05, 3.63) is 24.3 Å². The Hall–Kier alpha value is -1.26. The lowest BCUT2D eigenvalue weighted by Crippen LogP contribution is -2.07. The Labute approximate surface area is 58.7 Å². The number of nitrogens with two attached hydrogens (primary N) is 2. The molecule has 1 aromatic rings. The number of hydrogen-bond donors (Lipinski definition) is 3. The number of anilines is 1. The van der Waals surface area contributed by atoms with E-state index in [2.05, 4.69) is 10.3 Å². The Kier molecular flexibility index (Phi) is 2.09. The molecule has 0 saturated heterocycles. The molecule has 0 heterocycles. The third-order valence-electron chi connectivity index (χ3n) is 1.14. The van der Waals surface area contributed by atoms with Gasteiger partial charge in [0.2, 0.25) is 0 Å². The molecule has 4 nitrogen and oxygen atoms in total. The minimum atomic E-state index is 0.579. The Morgan fingerprint density at radius 1 is 1.40 bits per heavy atom. The molecule has 5 N–H and O–H groups in total. The fourth-order valence-corrected chi connectivity index (χ4v) is 0.659. The van der Waals surface area contributed by atoms with Crippen LogP contribution in [-0.2, 0) is 0 Å². The molecule has 0 aromatic heterocycles. The van der Waals surface area contributed by atoms with Crippen LogP contribution in [0.5, 0.6) is 5.75 Å². The summed E-state index contributed by atoms with van der Waals surface area (Å²) in [5.41, 5.74) is 3.23. The summed E-state index contributed by atoms with van der Waals surface area (Å²) in [5, 5.41) is 0. The Balaban J connectivity index is 2.87. The van der Waals surface area contributed by atoms with Gasteiger partial charge in [0.05, 0.1) is 5.69 Å². The lowest BCUT2D eigenvalue weighted by molar-refractivity contribution is 0.334. The first kappa shape index (κ1) is 6.85. The normalized spacial score (nSPS) is 9.00. The van der Waals surface area contributed by atoms with Crippen molar-refractivity contribution in [2.45, 2.75) is 0 Å². The van der Waals surface area contributed by atoms with Gasteiger partial charge in [0.15, 0.2) is 0 Å². The molecule has 1 aromatic carbocycles. The molecule has 0 atom stereocenters. The molecular weight excluding hydrogens is 130 g/mol. The van der Waals surface area contributed by atoms with Gasteiger partial charge in [0.1, 0.15) is 5.75 Å². The zero-order valence-electron chi connectivity index (χ0n) is 5.37. The maximum atomic E-state index is 5.13. The van der Waals surface area contributed by atoms with Crippen LogP contribution >= 0.6 is 0 Å². The first-order valence-corrected chi connectivity index (χ1v) is 2.80. The largest absolute Gasteiger partial charge is 0.411 e. The summed E-state index contributed by atoms with van der Waals surface area (Å²) >= 11 is 0. The van der Waals surface area contributed by atoms with Gasteiger partial charge in [0, 0.05) is 6.07 Å². The topological polar surface area (TPSA) is 73.3 Å². The summed E-state index contributed by atoms with van der Waals surface area (Å²) in [5.74, 6) is 10.6. The zero-order valence-corrected chi connectivity index (χ0v) is 5.37. The van der Waals surface area contributed by atoms with Crippen LogP contribution in [0, 0.1) is 0 Å². The van der Waals surface area contributed by atoms with Crippen LogP contribution < -0.4 is 22.0 Å². The number of hydrogen-bond acceptors (Lipinski definition) is 4. The predicted octanol–water partition coefficient (Wildman–Crippen LogP) is 0.225. The van der Waals surface area contributed by atoms with Crippen LogP contribution in [-0.4, -0.2) is 0 Å². The lowest BCUT2D eigenvalue weighted by Gasteiger charge is -2.00. The van der Waals surface area contributed by atoms with Crippen molar-refractivity contribution in [1.82, 2.24) is 0 Å². The fourth-order valence-electron chi connectivity index (χ4n) is 0.659. The molecule has 0 aliphatic rings. The van der Waals surface area contributed by atoms with E-state index in [0.29, 0.717) is 5.75 Å². The minimum absolute atomic E-state index is 0.579. The molecular formula is C6H9N3O. The van der Waals surface area contributed by atoms with Crippen molar-refractivity contribution in [2.75, 3.05) is 5.43 Å². The Bertz CT molecular complexity index is 195. The molecule has 0 unspecified atom stereocenters. The second-order valence-electron chi connectivity index (χ2n) is 1.79. The minimum Gasteiger partial charge on any atom is -0.411 e. The van der Waals surface area contributed by atoms with E-state index in [-0.39, 0.29) is 0 Å². The summed E-state index contributed by atoms with van der Waals surface area (Å²) in [4.78, 5) is 4.46. The average Bonchev–Trinajstić information content (AvgIpc) is 2.05. The first-order chi connectivity index (χ1) is 4.86. The average molecular weight is 139 g/mol. The van der Waals surface area contributed by atoms with Gasteiger partial charge in [-0.05, 0) is 12.1 Å². The summed E-state index contributed by atoms with van der Waals surface area (Å²) < 4.78 is 0. The van der Waals surface area contributed by atoms with Crippen molar-refractivity contribution >= 4 is 5.69 Å². The van der Waals surface area contributed by atoms with Gasteiger partial charge in [-0.2, -0.15) is 5.90 Å². The van der Waals surface area contributed by atoms with E-state index in [0.717, 1.165) is 5.69 Å². The van der Waals surface area contributed by atoms with E-state index in [1.807, 2.05) is 6.07 Å². The van der Waals surface area contributed by atoms with Gasteiger partial charge in [-0.3, -0.25) is 5.84 Å². The molecule has 0 fully saturated rings. The second kappa shape index (κ2) is 3.05. The predicted molar refractivity (Wildman–Crippen MR) is 39.1 cm³/mol. The second-order valence-corrected chi connectivity index (χ2v) is 1.79. The maximum absolute atomic E-state index is 5.13. The van der Waals surface area contributed by atoms with E-state index < -0.39 is 0 Å². The highest BCUT2D eigenvalue weighted by Gasteiger charge is 1.91. The summed E-state index contributed by atoms with van der Waals surface area (Å²) in [6.45, 7) is 0. The number of benzene rings is 1. The monoisotopic (exact) mass is 139 g/mol. The molecule has 0 amide bonds. The highest BCUT2D eigenvalue weighted by molar-refractivity contribution is 5.46. The van der Waals surface area contributed by atoms with Gasteiger partial charge >= 0.3 is 0 Å². The van der Waals surface area contributed by atoms with Gasteiger partial charge < -0.3 is 10.3 Å². The van der Waals surface area contributed by atoms with E-state index in [1.165, 1.54) is 0 Å². The Morgan fingerprint density at radius 3 is 2.80 bits per heavy atom. The number of nitrogen functional groups attached to an aromatic ring is 1. The molecule has 0 aliphatic carbocycles. The molecule has 1 rings (SSSR count).